The van der Waals surface area contributed by atoms with Crippen molar-refractivity contribution in [1.82, 2.24) is 14.7 Å². The molecule has 0 fully saturated rings. The summed E-state index contributed by atoms with van der Waals surface area (Å²) < 4.78 is 70.9. The van der Waals surface area contributed by atoms with E-state index < -0.39 is 26.7 Å². The van der Waals surface area contributed by atoms with E-state index in [9.17, 15) is 21.6 Å². The van der Waals surface area contributed by atoms with E-state index >= 15 is 0 Å². The monoisotopic (exact) mass is 423 g/mol. The normalized spacial score (nSPS) is 12.0. The van der Waals surface area contributed by atoms with Gasteiger partial charge in [-0.1, -0.05) is 6.07 Å². The maximum atomic E-state index is 12.8. The molecule has 2 heterocycles. The number of sulfonamides is 1. The first-order chi connectivity index (χ1) is 13.7. The first kappa shape index (κ1) is 20.7. The van der Waals surface area contributed by atoms with Gasteiger partial charge in [-0.2, -0.15) is 13.2 Å². The fourth-order valence-corrected chi connectivity index (χ4v) is 3.66. The molecule has 0 aliphatic carbocycles. The van der Waals surface area contributed by atoms with Crippen molar-refractivity contribution in [2.24, 2.45) is 0 Å². The quantitative estimate of drug-likeness (QED) is 0.655. The lowest BCUT2D eigenvalue weighted by Crippen LogP contribution is -2.24. The third kappa shape index (κ3) is 4.90. The maximum Gasteiger partial charge on any atom is 0.416 e. The molecule has 0 amide bonds. The van der Waals surface area contributed by atoms with Crippen LogP contribution in [0.3, 0.4) is 0 Å². The molecule has 0 saturated carbocycles. The van der Waals surface area contributed by atoms with Crippen LogP contribution < -0.4 is 9.46 Å². The van der Waals surface area contributed by atoms with E-state index in [0.717, 1.165) is 29.3 Å². The minimum Gasteiger partial charge on any atom is -0.494 e. The molecule has 0 radical (unpaired) electrons. The fourth-order valence-electron chi connectivity index (χ4n) is 2.62. The van der Waals surface area contributed by atoms with Gasteiger partial charge < -0.3 is 4.74 Å². The summed E-state index contributed by atoms with van der Waals surface area (Å²) in [6, 6.07) is 8.68. The summed E-state index contributed by atoms with van der Waals surface area (Å²) in [6.45, 7) is -0.195. The standard InChI is InChI=1S/C19H16F3N3O3S/c1-28-18-12-23-7-6-17(18)13-5-8-24-15(9-13)11-25-29(26,27)16-4-2-3-14(10-16)19(20,21)22/h2-10,12,25H,11H2,1H3. The summed E-state index contributed by atoms with van der Waals surface area (Å²) in [4.78, 5) is 7.62. The predicted molar refractivity (Wildman–Crippen MR) is 99.5 cm³/mol. The van der Waals surface area contributed by atoms with E-state index in [1.54, 1.807) is 30.6 Å². The highest BCUT2D eigenvalue weighted by Crippen LogP contribution is 2.31. The Hall–Kier alpha value is -2.98. The second kappa shape index (κ2) is 8.18. The molecule has 0 atom stereocenters. The molecular formula is C19H16F3N3O3S. The van der Waals surface area contributed by atoms with Gasteiger partial charge >= 0.3 is 6.18 Å². The number of nitrogens with one attached hydrogen (secondary N) is 1. The van der Waals surface area contributed by atoms with Gasteiger partial charge in [-0.05, 0) is 42.0 Å². The van der Waals surface area contributed by atoms with Crippen molar-refractivity contribution in [3.8, 4) is 16.9 Å². The van der Waals surface area contributed by atoms with Crippen LogP contribution in [-0.4, -0.2) is 25.5 Å². The lowest BCUT2D eigenvalue weighted by molar-refractivity contribution is -0.137. The molecule has 3 aromatic rings. The van der Waals surface area contributed by atoms with Gasteiger partial charge in [-0.25, -0.2) is 13.1 Å². The summed E-state index contributed by atoms with van der Waals surface area (Å²) in [6.07, 6.45) is 0.00814. The number of aromatic nitrogens is 2. The molecular weight excluding hydrogens is 407 g/mol. The minimum absolute atomic E-state index is 0.195. The number of nitrogens with zero attached hydrogens (tertiary/aromatic N) is 2. The fraction of sp³-hybridized carbons (Fsp3) is 0.158. The lowest BCUT2D eigenvalue weighted by atomic mass is 10.1. The van der Waals surface area contributed by atoms with Crippen LogP contribution in [-0.2, 0) is 22.7 Å². The number of hydrogen-bond acceptors (Lipinski definition) is 5. The Labute approximate surface area is 165 Å². The van der Waals surface area contributed by atoms with Crippen molar-refractivity contribution in [2.45, 2.75) is 17.6 Å². The van der Waals surface area contributed by atoms with E-state index in [1.165, 1.54) is 13.3 Å². The molecule has 29 heavy (non-hydrogen) atoms. The molecule has 1 N–H and O–H groups in total. The summed E-state index contributed by atoms with van der Waals surface area (Å²) in [5, 5.41) is 0. The van der Waals surface area contributed by atoms with Gasteiger partial charge in [0.15, 0.2) is 0 Å². The Bertz CT molecular complexity index is 1120. The summed E-state index contributed by atoms with van der Waals surface area (Å²) >= 11 is 0. The smallest absolute Gasteiger partial charge is 0.416 e. The largest absolute Gasteiger partial charge is 0.494 e. The Morgan fingerprint density at radius 1 is 1.10 bits per heavy atom. The highest BCUT2D eigenvalue weighted by molar-refractivity contribution is 7.89. The average molecular weight is 423 g/mol. The van der Waals surface area contributed by atoms with Crippen molar-refractivity contribution < 1.29 is 26.3 Å². The number of halogens is 3. The number of methoxy groups -OCH3 is 1. The number of pyridine rings is 2. The predicted octanol–water partition coefficient (Wildman–Crippen LogP) is 3.65. The molecule has 1 aromatic carbocycles. The SMILES string of the molecule is COc1cnccc1-c1ccnc(CNS(=O)(=O)c2cccc(C(F)(F)F)c2)c1. The summed E-state index contributed by atoms with van der Waals surface area (Å²) in [5.74, 6) is 0.536. The second-order valence-electron chi connectivity index (χ2n) is 5.96. The minimum atomic E-state index is -4.63. The van der Waals surface area contributed by atoms with Crippen LogP contribution in [0.4, 0.5) is 13.2 Å². The van der Waals surface area contributed by atoms with Crippen molar-refractivity contribution in [1.29, 1.82) is 0 Å². The highest BCUT2D eigenvalue weighted by atomic mass is 32.2. The van der Waals surface area contributed by atoms with Crippen LogP contribution in [0.25, 0.3) is 11.1 Å². The second-order valence-corrected chi connectivity index (χ2v) is 7.73. The molecule has 3 rings (SSSR count). The lowest BCUT2D eigenvalue weighted by Gasteiger charge is -2.11. The Morgan fingerprint density at radius 2 is 1.90 bits per heavy atom. The van der Waals surface area contributed by atoms with Gasteiger partial charge in [0.1, 0.15) is 5.75 Å². The van der Waals surface area contributed by atoms with Crippen molar-refractivity contribution >= 4 is 10.0 Å². The van der Waals surface area contributed by atoms with Crippen LogP contribution in [0.2, 0.25) is 0 Å². The molecule has 0 aliphatic rings. The van der Waals surface area contributed by atoms with Gasteiger partial charge in [-0.3, -0.25) is 9.97 Å². The molecule has 10 heteroatoms. The van der Waals surface area contributed by atoms with Crippen molar-refractivity contribution in [3.05, 3.63) is 72.3 Å². The molecule has 6 nitrogen and oxygen atoms in total. The first-order valence-corrected chi connectivity index (χ1v) is 9.79. The zero-order valence-electron chi connectivity index (χ0n) is 15.1. The van der Waals surface area contributed by atoms with Crippen LogP contribution in [0.5, 0.6) is 5.75 Å². The third-order valence-corrected chi connectivity index (χ3v) is 5.45. The number of rotatable bonds is 6. The molecule has 0 aliphatic heterocycles. The Kier molecular flexibility index (Phi) is 5.85. The van der Waals surface area contributed by atoms with E-state index in [4.69, 9.17) is 4.74 Å². The van der Waals surface area contributed by atoms with Crippen molar-refractivity contribution in [2.75, 3.05) is 7.11 Å². The Balaban J connectivity index is 1.81. The van der Waals surface area contributed by atoms with Gasteiger partial charge in [0.05, 0.1) is 36.0 Å². The molecule has 0 bridgehead atoms. The van der Waals surface area contributed by atoms with Gasteiger partial charge in [0, 0.05) is 18.0 Å². The first-order valence-electron chi connectivity index (χ1n) is 8.31. The van der Waals surface area contributed by atoms with Gasteiger partial charge in [0.2, 0.25) is 10.0 Å². The molecule has 0 spiro atoms. The van der Waals surface area contributed by atoms with E-state index in [-0.39, 0.29) is 6.54 Å². The number of ether oxygens (including phenoxy) is 1. The summed E-state index contributed by atoms with van der Waals surface area (Å²) in [7, 11) is -2.65. The maximum absolute atomic E-state index is 12.8. The van der Waals surface area contributed by atoms with Crippen molar-refractivity contribution in [3.63, 3.8) is 0 Å². The zero-order valence-corrected chi connectivity index (χ0v) is 16.0. The van der Waals surface area contributed by atoms with Crippen LogP contribution in [0, 0.1) is 0 Å². The molecule has 0 saturated heterocycles. The van der Waals surface area contributed by atoms with Crippen LogP contribution >= 0.6 is 0 Å². The number of benzene rings is 1. The average Bonchev–Trinajstić information content (AvgIpc) is 2.72. The van der Waals surface area contributed by atoms with Crippen LogP contribution in [0.1, 0.15) is 11.3 Å². The van der Waals surface area contributed by atoms with Gasteiger partial charge in [0.25, 0.3) is 0 Å². The van der Waals surface area contributed by atoms with Crippen LogP contribution in [0.15, 0.2) is 66.0 Å². The molecule has 152 valence electrons. The van der Waals surface area contributed by atoms with Gasteiger partial charge in [-0.15, -0.1) is 0 Å². The van der Waals surface area contributed by atoms with E-state index in [0.29, 0.717) is 17.5 Å². The molecule has 2 aromatic heterocycles. The van der Waals surface area contributed by atoms with E-state index in [2.05, 4.69) is 14.7 Å². The number of alkyl halides is 3. The topological polar surface area (TPSA) is 81.2 Å². The Morgan fingerprint density at radius 3 is 2.62 bits per heavy atom. The summed E-state index contributed by atoms with van der Waals surface area (Å²) in [5.41, 5.74) is 0.821. The third-order valence-electron chi connectivity index (χ3n) is 4.05. The highest BCUT2D eigenvalue weighted by Gasteiger charge is 2.31. The molecule has 0 unspecified atom stereocenters. The number of hydrogen-bond donors (Lipinski definition) is 1. The zero-order chi connectivity index (χ0) is 21.1. The van der Waals surface area contributed by atoms with E-state index in [1.807, 2.05) is 0 Å².